The summed E-state index contributed by atoms with van der Waals surface area (Å²) in [6.07, 6.45) is 1.40. The number of nitriles is 1. The molecule has 1 unspecified atom stereocenters. The topological polar surface area (TPSA) is 63.2 Å². The molecular formula is C14H10BrNO3. The van der Waals surface area contributed by atoms with Crippen LogP contribution < -0.4 is 4.74 Å². The highest BCUT2D eigenvalue weighted by Gasteiger charge is 2.24. The van der Waals surface area contributed by atoms with E-state index in [1.54, 1.807) is 37.4 Å². The Hall–Kier alpha value is -2.06. The SMILES string of the molecule is COc1ccc(C(C#N)C(=O)c2ccoc2Br)cc1. The second-order valence-corrected chi connectivity index (χ2v) is 4.53. The van der Waals surface area contributed by atoms with E-state index in [1.807, 2.05) is 6.07 Å². The third kappa shape index (κ3) is 2.69. The van der Waals surface area contributed by atoms with Crippen LogP contribution in [-0.2, 0) is 0 Å². The van der Waals surface area contributed by atoms with Crippen LogP contribution in [0.5, 0.6) is 5.75 Å². The van der Waals surface area contributed by atoms with E-state index in [9.17, 15) is 10.1 Å². The smallest absolute Gasteiger partial charge is 0.188 e. The number of Topliss-reactive ketones (excluding diaryl/α,β-unsaturated/α-hetero) is 1. The van der Waals surface area contributed by atoms with Crippen molar-refractivity contribution >= 4 is 21.7 Å². The van der Waals surface area contributed by atoms with Crippen LogP contribution in [0.25, 0.3) is 0 Å². The molecule has 1 aromatic heterocycles. The van der Waals surface area contributed by atoms with Crippen molar-refractivity contribution in [2.45, 2.75) is 5.92 Å². The summed E-state index contributed by atoms with van der Waals surface area (Å²) in [6, 6.07) is 10.4. The Kier molecular flexibility index (Phi) is 4.03. The second-order valence-electron chi connectivity index (χ2n) is 3.81. The first-order valence-corrected chi connectivity index (χ1v) is 6.27. The van der Waals surface area contributed by atoms with Gasteiger partial charge in [-0.3, -0.25) is 4.79 Å². The molecule has 5 heteroatoms. The summed E-state index contributed by atoms with van der Waals surface area (Å²) >= 11 is 3.14. The minimum Gasteiger partial charge on any atom is -0.497 e. The van der Waals surface area contributed by atoms with Gasteiger partial charge in [-0.25, -0.2) is 0 Å². The first-order valence-electron chi connectivity index (χ1n) is 5.48. The molecule has 2 rings (SSSR count). The molecule has 0 fully saturated rings. The zero-order chi connectivity index (χ0) is 13.8. The summed E-state index contributed by atoms with van der Waals surface area (Å²) in [4.78, 5) is 12.3. The molecule has 1 atom stereocenters. The molecule has 0 amide bonds. The van der Waals surface area contributed by atoms with Crippen molar-refractivity contribution in [3.8, 4) is 11.8 Å². The Morgan fingerprint density at radius 1 is 1.37 bits per heavy atom. The molecule has 0 N–H and O–H groups in total. The number of carbonyl (C=O) groups excluding carboxylic acids is 1. The number of nitrogens with zero attached hydrogens (tertiary/aromatic N) is 1. The molecule has 4 nitrogen and oxygen atoms in total. The van der Waals surface area contributed by atoms with Crippen LogP contribution in [0, 0.1) is 11.3 Å². The number of carbonyl (C=O) groups is 1. The zero-order valence-electron chi connectivity index (χ0n) is 10.1. The van der Waals surface area contributed by atoms with E-state index in [1.165, 1.54) is 6.26 Å². The van der Waals surface area contributed by atoms with E-state index < -0.39 is 5.92 Å². The lowest BCUT2D eigenvalue weighted by Crippen LogP contribution is -2.10. The van der Waals surface area contributed by atoms with Crippen LogP contribution in [-0.4, -0.2) is 12.9 Å². The second kappa shape index (κ2) is 5.72. The number of benzene rings is 1. The highest BCUT2D eigenvalue weighted by Crippen LogP contribution is 2.27. The maximum absolute atomic E-state index is 12.3. The van der Waals surface area contributed by atoms with Gasteiger partial charge in [-0.1, -0.05) is 12.1 Å². The summed E-state index contributed by atoms with van der Waals surface area (Å²) in [5.41, 5.74) is 0.990. The first-order chi connectivity index (χ1) is 9.17. The van der Waals surface area contributed by atoms with E-state index in [0.29, 0.717) is 21.5 Å². The fourth-order valence-electron chi connectivity index (χ4n) is 1.71. The number of halogens is 1. The number of hydrogen-bond acceptors (Lipinski definition) is 4. The average molecular weight is 320 g/mol. The molecule has 0 spiro atoms. The molecule has 0 aliphatic rings. The van der Waals surface area contributed by atoms with Crippen LogP contribution in [0.3, 0.4) is 0 Å². The van der Waals surface area contributed by atoms with Crippen LogP contribution in [0.2, 0.25) is 0 Å². The van der Waals surface area contributed by atoms with Gasteiger partial charge >= 0.3 is 0 Å². The number of furan rings is 1. The average Bonchev–Trinajstić information content (AvgIpc) is 2.86. The molecule has 1 aromatic carbocycles. The van der Waals surface area contributed by atoms with E-state index in [2.05, 4.69) is 15.9 Å². The predicted octanol–water partition coefficient (Wildman–Crippen LogP) is 3.54. The van der Waals surface area contributed by atoms with Gasteiger partial charge in [0.1, 0.15) is 11.7 Å². The van der Waals surface area contributed by atoms with Crippen molar-refractivity contribution in [3.05, 3.63) is 52.4 Å². The Morgan fingerprint density at radius 2 is 2.05 bits per heavy atom. The Labute approximate surface area is 118 Å². The third-order valence-electron chi connectivity index (χ3n) is 2.72. The molecule has 0 bridgehead atoms. The minimum atomic E-state index is -0.861. The van der Waals surface area contributed by atoms with Crippen LogP contribution >= 0.6 is 15.9 Å². The number of hydrogen-bond donors (Lipinski definition) is 0. The molecule has 19 heavy (non-hydrogen) atoms. The van der Waals surface area contributed by atoms with Crippen molar-refractivity contribution < 1.29 is 13.9 Å². The normalized spacial score (nSPS) is 11.6. The van der Waals surface area contributed by atoms with Crippen LogP contribution in [0.1, 0.15) is 21.8 Å². The Balaban J connectivity index is 2.32. The van der Waals surface area contributed by atoms with Gasteiger partial charge in [0, 0.05) is 0 Å². The third-order valence-corrected chi connectivity index (χ3v) is 3.34. The summed E-state index contributed by atoms with van der Waals surface area (Å²) < 4.78 is 10.4. The summed E-state index contributed by atoms with van der Waals surface area (Å²) in [6.45, 7) is 0. The van der Waals surface area contributed by atoms with Gasteiger partial charge < -0.3 is 9.15 Å². The summed E-state index contributed by atoms with van der Waals surface area (Å²) in [7, 11) is 1.56. The van der Waals surface area contributed by atoms with Crippen LogP contribution in [0.4, 0.5) is 0 Å². The van der Waals surface area contributed by atoms with Crippen molar-refractivity contribution in [2.75, 3.05) is 7.11 Å². The lowest BCUT2D eigenvalue weighted by molar-refractivity contribution is 0.0977. The number of rotatable bonds is 4. The molecule has 0 aliphatic carbocycles. The zero-order valence-corrected chi connectivity index (χ0v) is 11.7. The monoisotopic (exact) mass is 319 g/mol. The predicted molar refractivity (Wildman–Crippen MR) is 72.1 cm³/mol. The van der Waals surface area contributed by atoms with Gasteiger partial charge in [0.25, 0.3) is 0 Å². The minimum absolute atomic E-state index is 0.298. The van der Waals surface area contributed by atoms with Crippen molar-refractivity contribution in [2.24, 2.45) is 0 Å². The Bertz CT molecular complexity index is 625. The molecule has 96 valence electrons. The molecule has 0 saturated heterocycles. The summed E-state index contributed by atoms with van der Waals surface area (Å²) in [5.74, 6) is -0.481. The van der Waals surface area contributed by atoms with Gasteiger partial charge in [-0.2, -0.15) is 5.26 Å². The fourth-order valence-corrected chi connectivity index (χ4v) is 2.14. The first kappa shape index (κ1) is 13.4. The standard InChI is InChI=1S/C14H10BrNO3/c1-18-10-4-2-9(3-5-10)12(8-16)13(17)11-6-7-19-14(11)15/h2-7,12H,1H3. The number of methoxy groups -OCH3 is 1. The van der Waals surface area contributed by atoms with Gasteiger partial charge in [0.2, 0.25) is 0 Å². The lowest BCUT2D eigenvalue weighted by Gasteiger charge is -2.08. The van der Waals surface area contributed by atoms with Gasteiger partial charge in [-0.15, -0.1) is 0 Å². The number of ketones is 1. The molecule has 1 heterocycles. The number of ether oxygens (including phenoxy) is 1. The Morgan fingerprint density at radius 3 is 2.53 bits per heavy atom. The maximum atomic E-state index is 12.3. The molecule has 0 aliphatic heterocycles. The van der Waals surface area contributed by atoms with Gasteiger partial charge in [-0.05, 0) is 39.7 Å². The van der Waals surface area contributed by atoms with E-state index in [0.717, 1.165) is 0 Å². The van der Waals surface area contributed by atoms with E-state index >= 15 is 0 Å². The van der Waals surface area contributed by atoms with Gasteiger partial charge in [0.15, 0.2) is 10.5 Å². The largest absolute Gasteiger partial charge is 0.497 e. The highest BCUT2D eigenvalue weighted by atomic mass is 79.9. The van der Waals surface area contributed by atoms with Crippen molar-refractivity contribution in [3.63, 3.8) is 0 Å². The van der Waals surface area contributed by atoms with E-state index in [4.69, 9.17) is 9.15 Å². The van der Waals surface area contributed by atoms with E-state index in [-0.39, 0.29) is 5.78 Å². The fraction of sp³-hybridized carbons (Fsp3) is 0.143. The summed E-state index contributed by atoms with van der Waals surface area (Å²) in [5, 5.41) is 9.22. The molecule has 0 radical (unpaired) electrons. The van der Waals surface area contributed by atoms with Crippen LogP contribution in [0.15, 0.2) is 45.7 Å². The van der Waals surface area contributed by atoms with Crippen molar-refractivity contribution in [1.29, 1.82) is 5.26 Å². The molecule has 0 saturated carbocycles. The van der Waals surface area contributed by atoms with Crippen molar-refractivity contribution in [1.82, 2.24) is 0 Å². The molecular weight excluding hydrogens is 310 g/mol. The maximum Gasteiger partial charge on any atom is 0.188 e. The highest BCUT2D eigenvalue weighted by molar-refractivity contribution is 9.10. The lowest BCUT2D eigenvalue weighted by atomic mass is 9.93. The molecule has 2 aromatic rings. The van der Waals surface area contributed by atoms with Gasteiger partial charge in [0.05, 0.1) is 25.0 Å². The quantitative estimate of drug-likeness (QED) is 0.808.